The van der Waals surface area contributed by atoms with E-state index >= 15 is 0 Å². The number of hydrogen-bond acceptors (Lipinski definition) is 7. The topological polar surface area (TPSA) is 128 Å². The molecule has 0 radical (unpaired) electrons. The van der Waals surface area contributed by atoms with Gasteiger partial charge in [0.1, 0.15) is 12.2 Å². The molecule has 3 heterocycles. The first kappa shape index (κ1) is 16.3. The number of aliphatic hydroxyl groups excluding tert-OH is 4. The third kappa shape index (κ3) is 2.47. The van der Waals surface area contributed by atoms with E-state index in [1.165, 1.54) is 0 Å². The highest BCUT2D eigenvalue weighted by Crippen LogP contribution is 2.48. The van der Waals surface area contributed by atoms with Crippen molar-refractivity contribution in [2.75, 3.05) is 19.8 Å². The Bertz CT molecular complexity index is 383. The molecule has 6 atom stereocenters. The number of ether oxygens (including phenoxy) is 1. The van der Waals surface area contributed by atoms with Gasteiger partial charge in [-0.15, -0.1) is 0 Å². The van der Waals surface area contributed by atoms with Crippen LogP contribution in [-0.4, -0.2) is 81.3 Å². The second-order valence-electron chi connectivity index (χ2n) is 5.32. The number of nitrogens with zero attached hydrogens (tertiary/aromatic N) is 1. The van der Waals surface area contributed by atoms with Crippen LogP contribution in [0.4, 0.5) is 0 Å². The van der Waals surface area contributed by atoms with E-state index in [-0.39, 0.29) is 31.6 Å². The first-order chi connectivity index (χ1) is 9.99. The largest absolute Gasteiger partial charge is 0.397 e. The van der Waals surface area contributed by atoms with Gasteiger partial charge in [-0.2, -0.15) is 0 Å². The normalized spacial score (nSPS) is 40.3. The first-order valence-corrected chi connectivity index (χ1v) is 7.08. The van der Waals surface area contributed by atoms with E-state index < -0.39 is 36.3 Å². The molecule has 3 aliphatic rings. The summed E-state index contributed by atoms with van der Waals surface area (Å²) in [6.45, 7) is 2.01. The molecule has 0 aromatic heterocycles. The van der Waals surface area contributed by atoms with Crippen molar-refractivity contribution in [2.24, 2.45) is 11.8 Å². The standard InChI is InChI=1S/C11H15NO6.C2H6O/c13-3-1-2-12-10(16)4-5(11(12)17)9-7(15)6(14)8(4)18-9;1-2-3/h4-9,13-15H,1-3H2;3H,2H2,1H3/t4?,5?,6-,7?,8-,9?;/m0./s1. The summed E-state index contributed by atoms with van der Waals surface area (Å²) in [6, 6.07) is 0. The molecule has 8 nitrogen and oxygen atoms in total. The Morgan fingerprint density at radius 1 is 1.05 bits per heavy atom. The number of imide groups is 1. The minimum absolute atomic E-state index is 0.0962. The van der Waals surface area contributed by atoms with Crippen LogP contribution < -0.4 is 0 Å². The van der Waals surface area contributed by atoms with Crippen molar-refractivity contribution in [3.05, 3.63) is 0 Å². The van der Waals surface area contributed by atoms with Gasteiger partial charge < -0.3 is 25.2 Å². The van der Waals surface area contributed by atoms with Crippen LogP contribution in [-0.2, 0) is 14.3 Å². The number of amides is 2. The molecule has 3 aliphatic heterocycles. The fourth-order valence-electron chi connectivity index (χ4n) is 3.24. The van der Waals surface area contributed by atoms with Gasteiger partial charge in [-0.3, -0.25) is 14.5 Å². The van der Waals surface area contributed by atoms with Crippen molar-refractivity contribution in [1.82, 2.24) is 4.90 Å². The third-order valence-electron chi connectivity index (χ3n) is 4.07. The van der Waals surface area contributed by atoms with Gasteiger partial charge in [0.15, 0.2) is 0 Å². The van der Waals surface area contributed by atoms with Crippen LogP contribution in [0, 0.1) is 11.8 Å². The molecular formula is C13H21NO7. The second-order valence-corrected chi connectivity index (χ2v) is 5.32. The highest BCUT2D eigenvalue weighted by molar-refractivity contribution is 6.06. The maximum Gasteiger partial charge on any atom is 0.235 e. The summed E-state index contributed by atoms with van der Waals surface area (Å²) in [7, 11) is 0. The summed E-state index contributed by atoms with van der Waals surface area (Å²) < 4.78 is 5.34. The lowest BCUT2D eigenvalue weighted by Gasteiger charge is -2.25. The molecule has 120 valence electrons. The van der Waals surface area contributed by atoms with Crippen LogP contribution >= 0.6 is 0 Å². The minimum atomic E-state index is -1.11. The lowest BCUT2D eigenvalue weighted by Crippen LogP contribution is -2.47. The Balaban J connectivity index is 0.000000497. The number of hydrogen-bond donors (Lipinski definition) is 4. The number of carbonyl (C=O) groups is 2. The Morgan fingerprint density at radius 3 is 1.86 bits per heavy atom. The van der Waals surface area contributed by atoms with Gasteiger partial charge in [-0.05, 0) is 13.3 Å². The number of fused-ring (bicyclic) bond motifs is 5. The van der Waals surface area contributed by atoms with Gasteiger partial charge in [-0.1, -0.05) is 0 Å². The van der Waals surface area contributed by atoms with Crippen LogP contribution in [0.25, 0.3) is 0 Å². The fourth-order valence-corrected chi connectivity index (χ4v) is 3.24. The van der Waals surface area contributed by atoms with E-state index in [2.05, 4.69) is 0 Å². The van der Waals surface area contributed by atoms with Crippen LogP contribution in [0.3, 0.4) is 0 Å². The molecule has 2 amide bonds. The monoisotopic (exact) mass is 303 g/mol. The molecule has 0 saturated carbocycles. The van der Waals surface area contributed by atoms with E-state index in [1.807, 2.05) is 0 Å². The van der Waals surface area contributed by atoms with Crippen LogP contribution in [0.5, 0.6) is 0 Å². The Morgan fingerprint density at radius 2 is 1.48 bits per heavy atom. The maximum absolute atomic E-state index is 12.1. The molecule has 0 aromatic rings. The molecule has 3 saturated heterocycles. The average molecular weight is 303 g/mol. The highest BCUT2D eigenvalue weighted by Gasteiger charge is 2.68. The Labute approximate surface area is 121 Å². The van der Waals surface area contributed by atoms with Crippen LogP contribution in [0.15, 0.2) is 0 Å². The highest BCUT2D eigenvalue weighted by atomic mass is 16.6. The van der Waals surface area contributed by atoms with Crippen LogP contribution in [0.2, 0.25) is 0 Å². The molecule has 21 heavy (non-hydrogen) atoms. The molecule has 0 aromatic carbocycles. The molecular weight excluding hydrogens is 282 g/mol. The van der Waals surface area contributed by atoms with Crippen molar-refractivity contribution in [3.63, 3.8) is 0 Å². The Hall–Kier alpha value is -1.06. The maximum atomic E-state index is 12.1. The molecule has 3 fully saturated rings. The summed E-state index contributed by atoms with van der Waals surface area (Å²) >= 11 is 0. The SMILES string of the molecule is CCO.O=C1C2C3O[C@@H](C2C(=O)N1CCCO)[C@@H](O)C3O. The zero-order valence-corrected chi connectivity index (χ0v) is 11.8. The van der Waals surface area contributed by atoms with E-state index in [9.17, 15) is 19.8 Å². The van der Waals surface area contributed by atoms with Crippen molar-refractivity contribution >= 4 is 11.8 Å². The van der Waals surface area contributed by atoms with Gasteiger partial charge in [0.25, 0.3) is 0 Å². The molecule has 2 bridgehead atoms. The van der Waals surface area contributed by atoms with Gasteiger partial charge in [0, 0.05) is 19.8 Å². The molecule has 8 heteroatoms. The summed E-state index contributed by atoms with van der Waals surface area (Å²) in [5.41, 5.74) is 0. The van der Waals surface area contributed by atoms with E-state index in [1.54, 1.807) is 6.92 Å². The second kappa shape index (κ2) is 6.37. The lowest BCUT2D eigenvalue weighted by atomic mass is 9.78. The van der Waals surface area contributed by atoms with Crippen molar-refractivity contribution < 1.29 is 34.8 Å². The summed E-state index contributed by atoms with van der Waals surface area (Å²) in [4.78, 5) is 25.3. The third-order valence-corrected chi connectivity index (χ3v) is 4.07. The number of rotatable bonds is 3. The molecule has 4 N–H and O–H groups in total. The predicted octanol–water partition coefficient (Wildman–Crippen LogP) is -2.53. The molecule has 0 spiro atoms. The van der Waals surface area contributed by atoms with Crippen molar-refractivity contribution in [1.29, 1.82) is 0 Å². The lowest BCUT2D eigenvalue weighted by molar-refractivity contribution is -0.143. The van der Waals surface area contributed by atoms with E-state index in [0.717, 1.165) is 4.90 Å². The zero-order valence-electron chi connectivity index (χ0n) is 11.8. The smallest absolute Gasteiger partial charge is 0.235 e. The predicted molar refractivity (Wildman–Crippen MR) is 68.8 cm³/mol. The van der Waals surface area contributed by atoms with Gasteiger partial charge >= 0.3 is 0 Å². The molecule has 0 aliphatic carbocycles. The van der Waals surface area contributed by atoms with E-state index in [0.29, 0.717) is 6.42 Å². The molecule has 4 unspecified atom stereocenters. The zero-order chi connectivity index (χ0) is 15.7. The van der Waals surface area contributed by atoms with Crippen LogP contribution in [0.1, 0.15) is 13.3 Å². The average Bonchev–Trinajstić information content (AvgIpc) is 3.04. The summed E-state index contributed by atoms with van der Waals surface area (Å²) in [6.07, 6.45) is -3.45. The quantitative estimate of drug-likeness (QED) is 0.423. The fraction of sp³-hybridized carbons (Fsp3) is 0.846. The first-order valence-electron chi connectivity index (χ1n) is 7.08. The number of likely N-dealkylation sites (tertiary alicyclic amines) is 1. The molecule has 3 rings (SSSR count). The van der Waals surface area contributed by atoms with Gasteiger partial charge in [0.05, 0.1) is 24.0 Å². The summed E-state index contributed by atoms with van der Waals surface area (Å²) in [5.74, 6) is -2.09. The van der Waals surface area contributed by atoms with Gasteiger partial charge in [-0.25, -0.2) is 0 Å². The number of aliphatic hydroxyl groups is 4. The van der Waals surface area contributed by atoms with Crippen molar-refractivity contribution in [2.45, 2.75) is 37.8 Å². The van der Waals surface area contributed by atoms with E-state index in [4.69, 9.17) is 14.9 Å². The van der Waals surface area contributed by atoms with Crippen molar-refractivity contribution in [3.8, 4) is 0 Å². The van der Waals surface area contributed by atoms with Gasteiger partial charge in [0.2, 0.25) is 11.8 Å². The number of carbonyl (C=O) groups excluding carboxylic acids is 2. The summed E-state index contributed by atoms with van der Waals surface area (Å²) in [5, 5.41) is 35.7. The minimum Gasteiger partial charge on any atom is -0.397 e. The Kier molecular flexibility index (Phi) is 4.95.